The zero-order valence-corrected chi connectivity index (χ0v) is 23.7. The smallest absolute Gasteiger partial charge is 0.255 e. The second-order valence-electron chi connectivity index (χ2n) is 11.7. The molecule has 0 unspecified atom stereocenters. The summed E-state index contributed by atoms with van der Waals surface area (Å²) in [6.45, 7) is 6.66. The second-order valence-corrected chi connectivity index (χ2v) is 11.7. The van der Waals surface area contributed by atoms with E-state index in [2.05, 4.69) is 20.5 Å². The van der Waals surface area contributed by atoms with Crippen LogP contribution in [0.4, 0.5) is 10.1 Å². The molecule has 0 radical (unpaired) electrons. The zero-order valence-electron chi connectivity index (χ0n) is 23.7. The van der Waals surface area contributed by atoms with Crippen LogP contribution in [-0.4, -0.2) is 98.1 Å². The number of hydrogen-bond donors (Lipinski definition) is 2. The molecule has 1 aromatic carbocycles. The highest BCUT2D eigenvalue weighted by Crippen LogP contribution is 2.37. The maximum Gasteiger partial charge on any atom is 0.255 e. The minimum Gasteiger partial charge on any atom is -0.473 e. The summed E-state index contributed by atoms with van der Waals surface area (Å²) in [5.74, 6) is 0.365. The predicted molar refractivity (Wildman–Crippen MR) is 155 cm³/mol. The SMILES string of the molecule is O=C(c1cc(F)cc(N2CCNCC2)c1)N1CCN(C(=O)c2cnc(O[C@H]3CCNC3)c(C3CCCCC3)c2)CC1. The van der Waals surface area contributed by atoms with E-state index in [0.717, 1.165) is 69.8 Å². The molecule has 2 amide bonds. The van der Waals surface area contributed by atoms with Crippen molar-refractivity contribution in [2.45, 2.75) is 50.5 Å². The van der Waals surface area contributed by atoms with E-state index >= 15 is 0 Å². The lowest BCUT2D eigenvalue weighted by Gasteiger charge is -2.35. The summed E-state index contributed by atoms with van der Waals surface area (Å²) < 4.78 is 20.8. The topological polar surface area (TPSA) is 90.0 Å². The fourth-order valence-electron chi connectivity index (χ4n) is 6.56. The van der Waals surface area contributed by atoms with Gasteiger partial charge in [0.1, 0.15) is 11.9 Å². The van der Waals surface area contributed by atoms with Crippen molar-refractivity contribution < 1.29 is 18.7 Å². The number of anilines is 1. The summed E-state index contributed by atoms with van der Waals surface area (Å²) in [6, 6.07) is 6.60. The number of halogens is 1. The van der Waals surface area contributed by atoms with Crippen molar-refractivity contribution in [2.75, 3.05) is 70.3 Å². The van der Waals surface area contributed by atoms with E-state index in [9.17, 15) is 14.0 Å². The van der Waals surface area contributed by atoms with Gasteiger partial charge in [-0.1, -0.05) is 19.3 Å². The maximum atomic E-state index is 14.5. The Hall–Kier alpha value is -3.24. The normalized spacial score (nSPS) is 22.2. The van der Waals surface area contributed by atoms with Crippen LogP contribution in [0, 0.1) is 5.82 Å². The molecule has 0 bridgehead atoms. The van der Waals surface area contributed by atoms with Gasteiger partial charge in [-0.2, -0.15) is 0 Å². The number of pyridine rings is 1. The van der Waals surface area contributed by atoms with Crippen molar-refractivity contribution in [3.05, 3.63) is 53.0 Å². The third kappa shape index (κ3) is 6.48. The first-order chi connectivity index (χ1) is 20.0. The van der Waals surface area contributed by atoms with Gasteiger partial charge in [-0.15, -0.1) is 0 Å². The number of carbonyl (C=O) groups is 2. The van der Waals surface area contributed by atoms with E-state index in [4.69, 9.17) is 4.74 Å². The maximum absolute atomic E-state index is 14.5. The van der Waals surface area contributed by atoms with Crippen LogP contribution < -0.4 is 20.3 Å². The van der Waals surface area contributed by atoms with Crippen molar-refractivity contribution in [1.29, 1.82) is 0 Å². The summed E-state index contributed by atoms with van der Waals surface area (Å²) >= 11 is 0. The van der Waals surface area contributed by atoms with Gasteiger partial charge in [0.15, 0.2) is 0 Å². The molecular weight excluding hydrogens is 523 g/mol. The van der Waals surface area contributed by atoms with Crippen molar-refractivity contribution in [2.24, 2.45) is 0 Å². The highest BCUT2D eigenvalue weighted by atomic mass is 19.1. The average molecular weight is 565 g/mol. The lowest BCUT2D eigenvalue weighted by Crippen LogP contribution is -2.50. The highest BCUT2D eigenvalue weighted by molar-refractivity contribution is 5.96. The number of benzene rings is 1. The average Bonchev–Trinajstić information content (AvgIpc) is 3.54. The number of ether oxygens (including phenoxy) is 1. The van der Waals surface area contributed by atoms with Crippen LogP contribution in [-0.2, 0) is 0 Å². The third-order valence-electron chi connectivity index (χ3n) is 8.93. The number of hydrogen-bond acceptors (Lipinski definition) is 7. The summed E-state index contributed by atoms with van der Waals surface area (Å²) in [5.41, 5.74) is 2.73. The minimum atomic E-state index is -0.406. The van der Waals surface area contributed by atoms with Gasteiger partial charge in [0.25, 0.3) is 11.8 Å². The Balaban J connectivity index is 1.12. The Morgan fingerprint density at radius 1 is 0.805 bits per heavy atom. The molecule has 4 aliphatic rings. The molecule has 4 fully saturated rings. The molecule has 2 N–H and O–H groups in total. The Bertz CT molecular complexity index is 1230. The Labute approximate surface area is 241 Å². The molecule has 0 spiro atoms. The van der Waals surface area contributed by atoms with Crippen molar-refractivity contribution >= 4 is 17.5 Å². The molecule has 220 valence electrons. The molecule has 2 aromatic rings. The van der Waals surface area contributed by atoms with E-state index in [1.165, 1.54) is 31.4 Å². The highest BCUT2D eigenvalue weighted by Gasteiger charge is 2.29. The molecule has 4 heterocycles. The Kier molecular flexibility index (Phi) is 8.67. The van der Waals surface area contributed by atoms with Gasteiger partial charge in [-0.3, -0.25) is 9.59 Å². The summed E-state index contributed by atoms with van der Waals surface area (Å²) in [7, 11) is 0. The molecule has 1 aromatic heterocycles. The molecular formula is C31H41FN6O3. The number of nitrogens with zero attached hydrogens (tertiary/aromatic N) is 4. The van der Waals surface area contributed by atoms with Crippen LogP contribution >= 0.6 is 0 Å². The molecule has 9 nitrogen and oxygen atoms in total. The molecule has 1 atom stereocenters. The number of nitrogens with one attached hydrogen (secondary N) is 2. The van der Waals surface area contributed by atoms with Crippen LogP contribution in [0.5, 0.6) is 5.88 Å². The van der Waals surface area contributed by atoms with Crippen LogP contribution in [0.15, 0.2) is 30.5 Å². The summed E-state index contributed by atoms with van der Waals surface area (Å²) in [5, 5.41) is 6.64. The van der Waals surface area contributed by atoms with Gasteiger partial charge in [0, 0.05) is 81.9 Å². The first-order valence-electron chi connectivity index (χ1n) is 15.3. The van der Waals surface area contributed by atoms with E-state index in [-0.39, 0.29) is 17.9 Å². The standard InChI is InChI=1S/C31H41FN6O3/c32-25-16-23(17-26(19-25)36-10-8-33-9-11-36)30(39)37-12-14-38(15-13-37)31(40)24-18-28(22-4-2-1-3-5-22)29(35-20-24)41-27-6-7-34-21-27/h16-20,22,27,33-34H,1-15,21H2/t27-/m0/s1. The van der Waals surface area contributed by atoms with Gasteiger partial charge in [-0.25, -0.2) is 9.37 Å². The Morgan fingerprint density at radius 3 is 2.20 bits per heavy atom. The van der Waals surface area contributed by atoms with Gasteiger partial charge in [0.2, 0.25) is 5.88 Å². The number of amides is 2. The fourth-order valence-corrected chi connectivity index (χ4v) is 6.56. The molecule has 41 heavy (non-hydrogen) atoms. The third-order valence-corrected chi connectivity index (χ3v) is 8.93. The predicted octanol–water partition coefficient (Wildman–Crippen LogP) is 3.02. The number of rotatable bonds is 6. The lowest BCUT2D eigenvalue weighted by atomic mass is 9.84. The molecule has 10 heteroatoms. The zero-order chi connectivity index (χ0) is 28.2. The number of carbonyl (C=O) groups excluding carboxylic acids is 2. The molecule has 6 rings (SSSR count). The van der Waals surface area contributed by atoms with Crippen LogP contribution in [0.3, 0.4) is 0 Å². The fraction of sp³-hybridized carbons (Fsp3) is 0.581. The van der Waals surface area contributed by atoms with Gasteiger partial charge in [0.05, 0.1) is 5.56 Å². The van der Waals surface area contributed by atoms with E-state index < -0.39 is 5.82 Å². The minimum absolute atomic E-state index is 0.0671. The van der Waals surface area contributed by atoms with E-state index in [1.807, 2.05) is 6.07 Å². The lowest BCUT2D eigenvalue weighted by molar-refractivity contribution is 0.0535. The number of piperazine rings is 2. The van der Waals surface area contributed by atoms with Crippen molar-refractivity contribution in [3.63, 3.8) is 0 Å². The number of aromatic nitrogens is 1. The van der Waals surface area contributed by atoms with Crippen LogP contribution in [0.1, 0.15) is 70.7 Å². The largest absolute Gasteiger partial charge is 0.473 e. The van der Waals surface area contributed by atoms with Crippen LogP contribution in [0.2, 0.25) is 0 Å². The van der Waals surface area contributed by atoms with Gasteiger partial charge < -0.3 is 30.1 Å². The molecule has 1 aliphatic carbocycles. The summed E-state index contributed by atoms with van der Waals surface area (Å²) in [4.78, 5) is 37.2. The molecule has 3 saturated heterocycles. The van der Waals surface area contributed by atoms with Crippen molar-refractivity contribution in [3.8, 4) is 5.88 Å². The second kappa shape index (κ2) is 12.7. The Morgan fingerprint density at radius 2 is 1.51 bits per heavy atom. The first kappa shape index (κ1) is 27.9. The van der Waals surface area contributed by atoms with Gasteiger partial charge in [-0.05, 0) is 56.0 Å². The van der Waals surface area contributed by atoms with Crippen molar-refractivity contribution in [1.82, 2.24) is 25.4 Å². The van der Waals surface area contributed by atoms with E-state index in [1.54, 1.807) is 22.1 Å². The first-order valence-corrected chi connectivity index (χ1v) is 15.3. The monoisotopic (exact) mass is 564 g/mol. The summed E-state index contributed by atoms with van der Waals surface area (Å²) in [6.07, 6.45) is 8.53. The molecule has 3 aliphatic heterocycles. The van der Waals surface area contributed by atoms with E-state index in [0.29, 0.717) is 49.1 Å². The molecule has 1 saturated carbocycles. The van der Waals surface area contributed by atoms with Gasteiger partial charge >= 0.3 is 0 Å². The van der Waals surface area contributed by atoms with Crippen LogP contribution in [0.25, 0.3) is 0 Å². The quantitative estimate of drug-likeness (QED) is 0.558.